The maximum atomic E-state index is 12.5. The standard InChI is InChI=1S/C18H30BI2N5O7/c1-5-8-22-17(33)26(21)25-16(32)19(20)24-13(28)7-6-12(14(29)30)23-15(31)18(3,4)9-11(2)10-27/h10-12H,5-9H2,1-4H3,(H,22,33)(H,23,31)(H,24,28)(H,25,32)(H,29,30). The lowest BCUT2D eigenvalue weighted by Crippen LogP contribution is -2.52. The number of hydrogen-bond donors (Lipinski definition) is 5. The van der Waals surface area contributed by atoms with Crippen LogP contribution in [0.1, 0.15) is 53.4 Å². The van der Waals surface area contributed by atoms with Gasteiger partial charge in [0.05, 0.1) is 22.9 Å². The van der Waals surface area contributed by atoms with Crippen LogP contribution in [0.3, 0.4) is 0 Å². The number of nitrogens with zero attached hydrogens (tertiary/aromatic N) is 1. The minimum atomic E-state index is -1.32. The van der Waals surface area contributed by atoms with Gasteiger partial charge >= 0.3 is 16.7 Å². The quantitative estimate of drug-likeness (QED) is 0.0641. The molecule has 0 fully saturated rings. The predicted octanol–water partition coefficient (Wildman–Crippen LogP) is 1.60. The number of aliphatic carboxylic acids is 1. The highest BCUT2D eigenvalue weighted by molar-refractivity contribution is 14.1. The molecule has 0 spiro atoms. The molecular formula is C18H30BI2N5O7. The molecule has 2 atom stereocenters. The first kappa shape index (κ1) is 31.3. The van der Waals surface area contributed by atoms with Crippen LogP contribution in [0.25, 0.3) is 0 Å². The first-order valence-electron chi connectivity index (χ1n) is 10.2. The zero-order valence-electron chi connectivity index (χ0n) is 18.9. The van der Waals surface area contributed by atoms with E-state index >= 15 is 0 Å². The van der Waals surface area contributed by atoms with E-state index in [-0.39, 0.29) is 25.2 Å². The van der Waals surface area contributed by atoms with Crippen LogP contribution in [0.15, 0.2) is 0 Å². The third-order valence-corrected chi connectivity index (χ3v) is 5.93. The SMILES string of the molecule is CCCNC(=O)N(I)NC(=O)B(I)NC(=O)CCC(NC(=O)C(C)(C)CC(C)C=O)C(=O)O. The Morgan fingerprint density at radius 1 is 1.21 bits per heavy atom. The number of aldehydes is 1. The molecule has 0 aliphatic carbocycles. The first-order chi connectivity index (χ1) is 15.2. The van der Waals surface area contributed by atoms with Crippen molar-refractivity contribution in [1.29, 1.82) is 0 Å². The van der Waals surface area contributed by atoms with Crippen molar-refractivity contribution in [2.75, 3.05) is 6.54 Å². The Kier molecular flexibility index (Phi) is 14.5. The van der Waals surface area contributed by atoms with E-state index in [1.54, 1.807) is 66.0 Å². The van der Waals surface area contributed by atoms with E-state index in [1.807, 2.05) is 6.92 Å². The number of carbonyl (C=O) groups excluding carboxylic acids is 5. The lowest BCUT2D eigenvalue weighted by atomic mass is 9.82. The van der Waals surface area contributed by atoms with Gasteiger partial charge in [-0.15, -0.1) is 22.4 Å². The maximum absolute atomic E-state index is 12.5. The van der Waals surface area contributed by atoms with Crippen LogP contribution >= 0.6 is 45.2 Å². The van der Waals surface area contributed by atoms with Gasteiger partial charge in [-0.25, -0.2) is 9.59 Å². The number of carbonyl (C=O) groups is 6. The molecule has 0 saturated carbocycles. The summed E-state index contributed by atoms with van der Waals surface area (Å²) in [4.78, 5) is 71.0. The van der Waals surface area contributed by atoms with E-state index in [0.717, 1.165) is 15.9 Å². The summed E-state index contributed by atoms with van der Waals surface area (Å²) >= 11 is 3.26. The number of rotatable bonds is 13. The summed E-state index contributed by atoms with van der Waals surface area (Å²) < 4.78 is -0.0930. The highest BCUT2D eigenvalue weighted by atomic mass is 127. The molecular weight excluding hydrogens is 663 g/mol. The number of amides is 5. The maximum Gasteiger partial charge on any atom is 0.433 e. The van der Waals surface area contributed by atoms with E-state index < -0.39 is 45.8 Å². The summed E-state index contributed by atoms with van der Waals surface area (Å²) in [5, 5.41) is 16.8. The fourth-order valence-corrected chi connectivity index (χ4v) is 3.51. The van der Waals surface area contributed by atoms with Crippen molar-refractivity contribution in [3.05, 3.63) is 0 Å². The Labute approximate surface area is 220 Å². The summed E-state index contributed by atoms with van der Waals surface area (Å²) in [6, 6.07) is -1.84. The molecule has 0 aromatic carbocycles. The van der Waals surface area contributed by atoms with Crippen molar-refractivity contribution in [2.45, 2.75) is 59.4 Å². The minimum Gasteiger partial charge on any atom is -0.480 e. The zero-order chi connectivity index (χ0) is 25.8. The fourth-order valence-electron chi connectivity index (χ4n) is 2.62. The normalized spacial score (nSPS) is 12.5. The average Bonchev–Trinajstić information content (AvgIpc) is 2.73. The second-order valence-corrected chi connectivity index (χ2v) is 10.2. The highest BCUT2D eigenvalue weighted by Crippen LogP contribution is 2.25. The lowest BCUT2D eigenvalue weighted by molar-refractivity contribution is -0.144. The molecule has 12 nitrogen and oxygen atoms in total. The van der Waals surface area contributed by atoms with Crippen LogP contribution in [0, 0.1) is 11.3 Å². The Morgan fingerprint density at radius 2 is 1.82 bits per heavy atom. The molecule has 0 heterocycles. The van der Waals surface area contributed by atoms with Gasteiger partial charge in [-0.2, -0.15) is 3.22 Å². The van der Waals surface area contributed by atoms with E-state index in [9.17, 15) is 33.9 Å². The van der Waals surface area contributed by atoms with Gasteiger partial charge in [0.2, 0.25) is 17.6 Å². The first-order valence-corrected chi connectivity index (χ1v) is 12.4. The van der Waals surface area contributed by atoms with Crippen molar-refractivity contribution in [1.82, 2.24) is 24.5 Å². The molecule has 0 bridgehead atoms. The zero-order valence-corrected chi connectivity index (χ0v) is 23.3. The van der Waals surface area contributed by atoms with Crippen LogP contribution in [-0.4, -0.2) is 61.5 Å². The van der Waals surface area contributed by atoms with Crippen LogP contribution in [0.4, 0.5) is 9.59 Å². The molecule has 0 radical (unpaired) electrons. The Balaban J connectivity index is 4.74. The van der Waals surface area contributed by atoms with E-state index in [4.69, 9.17) is 0 Å². The number of carboxylic acids is 1. The fraction of sp³-hybridized carbons (Fsp3) is 0.667. The van der Waals surface area contributed by atoms with E-state index in [0.29, 0.717) is 6.54 Å². The highest BCUT2D eigenvalue weighted by Gasteiger charge is 2.33. The van der Waals surface area contributed by atoms with E-state index in [2.05, 4.69) is 21.3 Å². The Bertz CT molecular complexity index is 741. The number of carboxylic acid groups (broad SMARTS) is 1. The number of hydrazine groups is 1. The van der Waals surface area contributed by atoms with Gasteiger partial charge in [0.1, 0.15) is 12.3 Å². The van der Waals surface area contributed by atoms with Gasteiger partial charge in [-0.3, -0.25) is 19.8 Å². The molecule has 0 rings (SSSR count). The number of hydrogen-bond acceptors (Lipinski definition) is 6. The molecule has 0 aliphatic heterocycles. The van der Waals surface area contributed by atoms with Crippen LogP contribution in [-0.2, 0) is 19.2 Å². The van der Waals surface area contributed by atoms with Crippen LogP contribution < -0.4 is 21.3 Å². The molecule has 5 amide bonds. The molecule has 0 aromatic rings. The number of urea groups is 1. The third-order valence-electron chi connectivity index (χ3n) is 4.37. The summed E-state index contributed by atoms with van der Waals surface area (Å²) in [7, 11) is 0. The van der Waals surface area contributed by atoms with E-state index in [1.165, 1.54) is 0 Å². The molecule has 2 unspecified atom stereocenters. The molecule has 186 valence electrons. The van der Waals surface area contributed by atoms with Gasteiger partial charge in [0, 0.05) is 24.3 Å². The van der Waals surface area contributed by atoms with Gasteiger partial charge in [0.15, 0.2) is 0 Å². The van der Waals surface area contributed by atoms with Gasteiger partial charge in [-0.1, -0.05) is 27.7 Å². The summed E-state index contributed by atoms with van der Waals surface area (Å²) in [6.45, 7) is 7.18. The topological polar surface area (TPSA) is 174 Å². The van der Waals surface area contributed by atoms with Crippen molar-refractivity contribution in [3.8, 4) is 0 Å². The summed E-state index contributed by atoms with van der Waals surface area (Å²) in [5.74, 6) is -3.48. The second kappa shape index (κ2) is 15.3. The van der Waals surface area contributed by atoms with Crippen molar-refractivity contribution < 1.29 is 33.9 Å². The number of halogens is 2. The molecule has 0 aliphatic rings. The van der Waals surface area contributed by atoms with Crippen LogP contribution in [0.2, 0.25) is 0 Å². The average molecular weight is 693 g/mol. The van der Waals surface area contributed by atoms with Crippen LogP contribution in [0.5, 0.6) is 0 Å². The van der Waals surface area contributed by atoms with Crippen molar-refractivity contribution in [2.24, 2.45) is 11.3 Å². The Morgan fingerprint density at radius 3 is 2.33 bits per heavy atom. The van der Waals surface area contributed by atoms with Gasteiger partial charge < -0.3 is 25.8 Å². The molecule has 0 aromatic heterocycles. The minimum absolute atomic E-state index is 0.199. The van der Waals surface area contributed by atoms with Crippen molar-refractivity contribution in [3.63, 3.8) is 0 Å². The van der Waals surface area contributed by atoms with Gasteiger partial charge in [0.25, 0.3) is 0 Å². The third kappa shape index (κ3) is 12.4. The molecule has 0 saturated heterocycles. The molecule has 15 heteroatoms. The predicted molar refractivity (Wildman–Crippen MR) is 138 cm³/mol. The van der Waals surface area contributed by atoms with Gasteiger partial charge in [-0.05, 0) is 19.3 Å². The number of nitrogens with one attached hydrogen (secondary N) is 4. The largest absolute Gasteiger partial charge is 0.480 e. The second-order valence-electron chi connectivity index (χ2n) is 8.02. The van der Waals surface area contributed by atoms with Crippen molar-refractivity contribution >= 4 is 85.9 Å². The summed E-state index contributed by atoms with van der Waals surface area (Å²) in [6.07, 6.45) is 1.22. The smallest absolute Gasteiger partial charge is 0.433 e. The molecule has 33 heavy (non-hydrogen) atoms. The summed E-state index contributed by atoms with van der Waals surface area (Å²) in [5.41, 5.74) is 1.33. The Hall–Kier alpha value is -1.66. The molecule has 5 N–H and O–H groups in total. The monoisotopic (exact) mass is 693 g/mol. The lowest BCUT2D eigenvalue weighted by Gasteiger charge is -2.27.